The van der Waals surface area contributed by atoms with Crippen LogP contribution >= 0.6 is 11.3 Å². The van der Waals surface area contributed by atoms with E-state index < -0.39 is 5.54 Å². The lowest BCUT2D eigenvalue weighted by Gasteiger charge is -2.40. The topological polar surface area (TPSA) is 88.2 Å². The van der Waals surface area contributed by atoms with Crippen LogP contribution in [0.2, 0.25) is 0 Å². The third-order valence-electron chi connectivity index (χ3n) is 3.70. The standard InChI is InChI=1S/C13H15N3O2S/c14-9-8-3-1-6-15-12(8)19-10(9)11(18)16-13(7-17)4-2-5-13/h1,3,6,17H,2,4-5,7,14H2,(H,16,18). The Balaban J connectivity index is 1.91. The molecule has 19 heavy (non-hydrogen) atoms. The Morgan fingerprint density at radius 1 is 1.58 bits per heavy atom. The number of rotatable bonds is 3. The van der Waals surface area contributed by atoms with E-state index in [2.05, 4.69) is 10.3 Å². The summed E-state index contributed by atoms with van der Waals surface area (Å²) < 4.78 is 0. The number of nitrogens with two attached hydrogens (primary N) is 1. The van der Waals surface area contributed by atoms with E-state index in [1.165, 1.54) is 11.3 Å². The van der Waals surface area contributed by atoms with E-state index in [1.54, 1.807) is 12.3 Å². The van der Waals surface area contributed by atoms with Crippen molar-refractivity contribution in [1.82, 2.24) is 10.3 Å². The van der Waals surface area contributed by atoms with Crippen molar-refractivity contribution in [2.24, 2.45) is 0 Å². The van der Waals surface area contributed by atoms with Gasteiger partial charge in [0.1, 0.15) is 9.71 Å². The van der Waals surface area contributed by atoms with Crippen LogP contribution in [0.3, 0.4) is 0 Å². The highest BCUT2D eigenvalue weighted by molar-refractivity contribution is 7.21. The number of thiophene rings is 1. The molecule has 0 atom stereocenters. The van der Waals surface area contributed by atoms with Gasteiger partial charge in [0.25, 0.3) is 5.91 Å². The van der Waals surface area contributed by atoms with E-state index in [0.29, 0.717) is 10.6 Å². The van der Waals surface area contributed by atoms with E-state index in [1.807, 2.05) is 6.07 Å². The molecular formula is C13H15N3O2S. The van der Waals surface area contributed by atoms with Crippen molar-refractivity contribution >= 4 is 33.1 Å². The molecule has 2 aromatic rings. The van der Waals surface area contributed by atoms with Crippen LogP contribution in [0.1, 0.15) is 28.9 Å². The molecule has 5 nitrogen and oxygen atoms in total. The van der Waals surface area contributed by atoms with Crippen molar-refractivity contribution in [3.8, 4) is 0 Å². The average Bonchev–Trinajstić information content (AvgIpc) is 2.72. The first-order valence-electron chi connectivity index (χ1n) is 6.22. The second-order valence-corrected chi connectivity index (χ2v) is 5.95. The third-order valence-corrected chi connectivity index (χ3v) is 4.83. The fourth-order valence-corrected chi connectivity index (χ4v) is 3.30. The predicted octanol–water partition coefficient (Wildman–Crippen LogP) is 1.52. The number of nitrogens with one attached hydrogen (secondary N) is 1. The molecular weight excluding hydrogens is 262 g/mol. The third kappa shape index (κ3) is 1.97. The number of aromatic nitrogens is 1. The van der Waals surface area contributed by atoms with Gasteiger partial charge in [-0.15, -0.1) is 11.3 Å². The summed E-state index contributed by atoms with van der Waals surface area (Å²) in [5, 5.41) is 13.1. The zero-order valence-corrected chi connectivity index (χ0v) is 11.2. The number of amides is 1. The van der Waals surface area contributed by atoms with Gasteiger partial charge in [0.05, 0.1) is 17.8 Å². The number of aliphatic hydroxyl groups excluding tert-OH is 1. The summed E-state index contributed by atoms with van der Waals surface area (Å²) in [6.45, 7) is -0.0260. The Hall–Kier alpha value is -1.66. The van der Waals surface area contributed by atoms with Crippen LogP contribution in [-0.4, -0.2) is 28.1 Å². The molecule has 2 aromatic heterocycles. The van der Waals surface area contributed by atoms with Gasteiger partial charge in [-0.1, -0.05) is 0 Å². The summed E-state index contributed by atoms with van der Waals surface area (Å²) >= 11 is 1.29. The van der Waals surface area contributed by atoms with Gasteiger partial charge in [0.15, 0.2) is 0 Å². The van der Waals surface area contributed by atoms with Crippen LogP contribution in [0, 0.1) is 0 Å². The smallest absolute Gasteiger partial charge is 0.264 e. The number of hydrogen-bond donors (Lipinski definition) is 3. The molecule has 0 aromatic carbocycles. The number of carbonyl (C=O) groups excluding carboxylic acids is 1. The maximum absolute atomic E-state index is 12.3. The molecule has 0 radical (unpaired) electrons. The second kappa shape index (κ2) is 4.47. The molecule has 1 fully saturated rings. The Morgan fingerprint density at radius 3 is 2.95 bits per heavy atom. The number of fused-ring (bicyclic) bond motifs is 1. The lowest BCUT2D eigenvalue weighted by atomic mass is 9.77. The van der Waals surface area contributed by atoms with Gasteiger partial charge in [-0.2, -0.15) is 0 Å². The van der Waals surface area contributed by atoms with Crippen molar-refractivity contribution in [2.45, 2.75) is 24.8 Å². The second-order valence-electron chi connectivity index (χ2n) is 4.95. The Bertz CT molecular complexity index is 628. The van der Waals surface area contributed by atoms with E-state index in [4.69, 9.17) is 5.73 Å². The van der Waals surface area contributed by atoms with Gasteiger partial charge < -0.3 is 16.2 Å². The fourth-order valence-electron chi connectivity index (χ4n) is 2.34. The summed E-state index contributed by atoms with van der Waals surface area (Å²) in [7, 11) is 0. The maximum atomic E-state index is 12.3. The van der Waals surface area contributed by atoms with Crippen LogP contribution in [-0.2, 0) is 0 Å². The summed E-state index contributed by atoms with van der Waals surface area (Å²) in [5.41, 5.74) is 6.03. The maximum Gasteiger partial charge on any atom is 0.264 e. The number of carbonyl (C=O) groups is 1. The summed E-state index contributed by atoms with van der Waals surface area (Å²) in [6.07, 6.45) is 4.35. The zero-order valence-electron chi connectivity index (χ0n) is 10.3. The highest BCUT2D eigenvalue weighted by Gasteiger charge is 2.38. The molecule has 1 aliphatic rings. The molecule has 0 unspecified atom stereocenters. The normalized spacial score (nSPS) is 17.1. The van der Waals surface area contributed by atoms with E-state index in [-0.39, 0.29) is 12.5 Å². The van der Waals surface area contributed by atoms with Crippen molar-refractivity contribution in [1.29, 1.82) is 0 Å². The molecule has 3 rings (SSSR count). The number of anilines is 1. The van der Waals surface area contributed by atoms with Crippen LogP contribution < -0.4 is 11.1 Å². The van der Waals surface area contributed by atoms with Gasteiger partial charge in [-0.3, -0.25) is 4.79 Å². The first-order chi connectivity index (χ1) is 9.15. The van der Waals surface area contributed by atoms with Gasteiger partial charge >= 0.3 is 0 Å². The van der Waals surface area contributed by atoms with Crippen molar-refractivity contribution in [3.63, 3.8) is 0 Å². The average molecular weight is 277 g/mol. The number of hydrogen-bond acceptors (Lipinski definition) is 5. The number of nitrogen functional groups attached to an aromatic ring is 1. The summed E-state index contributed by atoms with van der Waals surface area (Å²) in [5.74, 6) is -0.214. The van der Waals surface area contributed by atoms with Crippen LogP contribution in [0.25, 0.3) is 10.2 Å². The lowest BCUT2D eigenvalue weighted by molar-refractivity contribution is 0.0646. The lowest BCUT2D eigenvalue weighted by Crippen LogP contribution is -2.56. The molecule has 4 N–H and O–H groups in total. The predicted molar refractivity (Wildman–Crippen MR) is 75.2 cm³/mol. The molecule has 0 saturated heterocycles. The Morgan fingerprint density at radius 2 is 2.37 bits per heavy atom. The monoisotopic (exact) mass is 277 g/mol. The quantitative estimate of drug-likeness (QED) is 0.793. The van der Waals surface area contributed by atoms with E-state index in [9.17, 15) is 9.90 Å². The number of aliphatic hydroxyl groups is 1. The first kappa shape index (κ1) is 12.4. The molecule has 1 saturated carbocycles. The Labute approximate surface area is 114 Å². The summed E-state index contributed by atoms with van der Waals surface area (Å²) in [4.78, 5) is 17.7. The molecule has 1 aliphatic carbocycles. The summed E-state index contributed by atoms with van der Waals surface area (Å²) in [6, 6.07) is 3.66. The number of nitrogens with zero attached hydrogens (tertiary/aromatic N) is 1. The van der Waals surface area contributed by atoms with Crippen molar-refractivity contribution in [2.75, 3.05) is 12.3 Å². The molecule has 100 valence electrons. The minimum absolute atomic E-state index is 0.0260. The molecule has 2 heterocycles. The first-order valence-corrected chi connectivity index (χ1v) is 7.03. The molecule has 0 aliphatic heterocycles. The van der Waals surface area contributed by atoms with Gasteiger partial charge in [-0.25, -0.2) is 4.98 Å². The molecule has 0 spiro atoms. The van der Waals surface area contributed by atoms with Gasteiger partial charge in [-0.05, 0) is 31.4 Å². The molecule has 1 amide bonds. The number of pyridine rings is 1. The minimum Gasteiger partial charge on any atom is -0.397 e. The van der Waals surface area contributed by atoms with Gasteiger partial charge in [0, 0.05) is 11.6 Å². The molecule has 0 bridgehead atoms. The van der Waals surface area contributed by atoms with Crippen LogP contribution in [0.4, 0.5) is 5.69 Å². The largest absolute Gasteiger partial charge is 0.397 e. The van der Waals surface area contributed by atoms with Crippen LogP contribution in [0.15, 0.2) is 18.3 Å². The Kier molecular flexibility index (Phi) is 2.91. The van der Waals surface area contributed by atoms with Gasteiger partial charge in [0.2, 0.25) is 0 Å². The molecule has 6 heteroatoms. The van der Waals surface area contributed by atoms with Crippen molar-refractivity contribution < 1.29 is 9.90 Å². The highest BCUT2D eigenvalue weighted by atomic mass is 32.1. The van der Waals surface area contributed by atoms with E-state index in [0.717, 1.165) is 29.5 Å². The van der Waals surface area contributed by atoms with Crippen molar-refractivity contribution in [3.05, 3.63) is 23.2 Å². The van der Waals surface area contributed by atoms with Crippen LogP contribution in [0.5, 0.6) is 0 Å². The minimum atomic E-state index is -0.451. The fraction of sp³-hybridized carbons (Fsp3) is 0.385. The highest BCUT2D eigenvalue weighted by Crippen LogP contribution is 2.35. The SMILES string of the molecule is Nc1c(C(=O)NC2(CO)CCC2)sc2ncccc12. The zero-order chi connectivity index (χ0) is 13.5. The van der Waals surface area contributed by atoms with E-state index >= 15 is 0 Å².